The van der Waals surface area contributed by atoms with Gasteiger partial charge in [0.2, 0.25) is 0 Å². The monoisotopic (exact) mass is 235 g/mol. The summed E-state index contributed by atoms with van der Waals surface area (Å²) >= 11 is 1.43. The average Bonchev–Trinajstić information content (AvgIpc) is 2.67. The lowest BCUT2D eigenvalue weighted by molar-refractivity contribution is -0.131. The van der Waals surface area contributed by atoms with Crippen molar-refractivity contribution in [3.63, 3.8) is 0 Å². The van der Waals surface area contributed by atoms with Crippen molar-refractivity contribution in [1.82, 2.24) is 4.98 Å². The summed E-state index contributed by atoms with van der Waals surface area (Å²) in [5.41, 5.74) is 0.843. The van der Waals surface area contributed by atoms with Crippen LogP contribution in [0.2, 0.25) is 0 Å². The van der Waals surface area contributed by atoms with Gasteiger partial charge in [0.05, 0.1) is 17.3 Å². The SMILES string of the molecule is COc1ccc2nc(/C=C/C(=O)O)sc2c1. The number of benzene rings is 1. The molecule has 0 aliphatic heterocycles. The summed E-state index contributed by atoms with van der Waals surface area (Å²) in [5.74, 6) is -0.207. The maximum absolute atomic E-state index is 10.4. The zero-order valence-corrected chi connectivity index (χ0v) is 9.32. The fraction of sp³-hybridized carbons (Fsp3) is 0.0909. The molecule has 0 saturated heterocycles. The molecule has 82 valence electrons. The maximum Gasteiger partial charge on any atom is 0.328 e. The number of fused-ring (bicyclic) bond motifs is 1. The van der Waals surface area contributed by atoms with Gasteiger partial charge in [-0.3, -0.25) is 0 Å². The van der Waals surface area contributed by atoms with Crippen LogP contribution < -0.4 is 4.74 Å². The van der Waals surface area contributed by atoms with Crippen LogP contribution in [0.15, 0.2) is 24.3 Å². The number of ether oxygens (including phenoxy) is 1. The second kappa shape index (κ2) is 4.32. The van der Waals surface area contributed by atoms with Crippen LogP contribution in [0.25, 0.3) is 16.3 Å². The average molecular weight is 235 g/mol. The Bertz CT molecular complexity index is 559. The van der Waals surface area contributed by atoms with Gasteiger partial charge >= 0.3 is 5.97 Å². The highest BCUT2D eigenvalue weighted by molar-refractivity contribution is 7.19. The van der Waals surface area contributed by atoms with Crippen LogP contribution in [0.1, 0.15) is 5.01 Å². The van der Waals surface area contributed by atoms with Crippen molar-refractivity contribution in [2.45, 2.75) is 0 Å². The van der Waals surface area contributed by atoms with Crippen molar-refractivity contribution in [3.05, 3.63) is 29.3 Å². The van der Waals surface area contributed by atoms with E-state index in [-0.39, 0.29) is 0 Å². The van der Waals surface area contributed by atoms with E-state index in [1.807, 2.05) is 18.2 Å². The topological polar surface area (TPSA) is 59.4 Å². The molecule has 0 spiro atoms. The highest BCUT2D eigenvalue weighted by Crippen LogP contribution is 2.26. The third-order valence-corrected chi connectivity index (χ3v) is 2.96. The summed E-state index contributed by atoms with van der Waals surface area (Å²) in [6.45, 7) is 0. The van der Waals surface area contributed by atoms with Crippen LogP contribution in [0.4, 0.5) is 0 Å². The molecule has 4 nitrogen and oxygen atoms in total. The number of aromatic nitrogens is 1. The Balaban J connectivity index is 2.40. The van der Waals surface area contributed by atoms with Crippen LogP contribution in [-0.4, -0.2) is 23.2 Å². The van der Waals surface area contributed by atoms with E-state index in [9.17, 15) is 4.79 Å². The molecule has 0 radical (unpaired) electrons. The first-order chi connectivity index (χ1) is 7.69. The van der Waals surface area contributed by atoms with Crippen LogP contribution in [0.3, 0.4) is 0 Å². The molecule has 1 aromatic carbocycles. The summed E-state index contributed by atoms with van der Waals surface area (Å²) in [5, 5.41) is 9.17. The van der Waals surface area contributed by atoms with Gasteiger partial charge in [0, 0.05) is 6.08 Å². The van der Waals surface area contributed by atoms with Crippen LogP contribution >= 0.6 is 11.3 Å². The third-order valence-electron chi connectivity index (χ3n) is 1.98. The van der Waals surface area contributed by atoms with Gasteiger partial charge in [0.25, 0.3) is 0 Å². The molecule has 1 heterocycles. The van der Waals surface area contributed by atoms with Gasteiger partial charge in [-0.1, -0.05) is 0 Å². The minimum Gasteiger partial charge on any atom is -0.497 e. The molecule has 2 aromatic rings. The Hall–Kier alpha value is -1.88. The van der Waals surface area contributed by atoms with Gasteiger partial charge in [-0.25, -0.2) is 9.78 Å². The van der Waals surface area contributed by atoms with Crippen molar-refractivity contribution in [3.8, 4) is 5.75 Å². The second-order valence-electron chi connectivity index (χ2n) is 3.06. The van der Waals surface area contributed by atoms with Gasteiger partial charge < -0.3 is 9.84 Å². The Morgan fingerprint density at radius 1 is 1.56 bits per heavy atom. The number of carbonyl (C=O) groups is 1. The van der Waals surface area contributed by atoms with E-state index in [1.54, 1.807) is 7.11 Å². The third kappa shape index (κ3) is 2.20. The van der Waals surface area contributed by atoms with Gasteiger partial charge in [0.15, 0.2) is 0 Å². The van der Waals surface area contributed by atoms with Gasteiger partial charge in [-0.15, -0.1) is 11.3 Å². The van der Waals surface area contributed by atoms with Crippen molar-refractivity contribution in [2.24, 2.45) is 0 Å². The molecule has 0 aliphatic rings. The molecule has 16 heavy (non-hydrogen) atoms. The first-order valence-corrected chi connectivity index (χ1v) is 5.36. The predicted molar refractivity (Wildman–Crippen MR) is 62.8 cm³/mol. The Morgan fingerprint density at radius 2 is 2.38 bits per heavy atom. The number of carboxylic acid groups (broad SMARTS) is 1. The Morgan fingerprint density at radius 3 is 3.06 bits per heavy atom. The fourth-order valence-electron chi connectivity index (χ4n) is 1.26. The quantitative estimate of drug-likeness (QED) is 0.830. The number of hydrogen-bond acceptors (Lipinski definition) is 4. The molecule has 0 unspecified atom stereocenters. The number of nitrogens with zero attached hydrogens (tertiary/aromatic N) is 1. The zero-order chi connectivity index (χ0) is 11.5. The lowest BCUT2D eigenvalue weighted by atomic mass is 10.3. The molecule has 0 bridgehead atoms. The smallest absolute Gasteiger partial charge is 0.328 e. The molecular formula is C11H9NO3S. The number of aliphatic carboxylic acids is 1. The Labute approximate surface area is 95.8 Å². The van der Waals surface area contributed by atoms with Crippen LogP contribution in [-0.2, 0) is 4.79 Å². The largest absolute Gasteiger partial charge is 0.497 e. The minimum atomic E-state index is -0.975. The van der Waals surface area contributed by atoms with Gasteiger partial charge in [-0.2, -0.15) is 0 Å². The number of thiazole rings is 1. The fourth-order valence-corrected chi connectivity index (χ4v) is 2.16. The van der Waals surface area contributed by atoms with Crippen molar-refractivity contribution < 1.29 is 14.6 Å². The zero-order valence-electron chi connectivity index (χ0n) is 8.51. The molecule has 0 atom stereocenters. The summed E-state index contributed by atoms with van der Waals surface area (Å²) in [7, 11) is 1.60. The maximum atomic E-state index is 10.4. The summed E-state index contributed by atoms with van der Waals surface area (Å²) in [6, 6.07) is 5.56. The second-order valence-corrected chi connectivity index (χ2v) is 4.12. The lowest BCUT2D eigenvalue weighted by Gasteiger charge is -1.96. The van der Waals surface area contributed by atoms with E-state index in [2.05, 4.69) is 4.98 Å². The Kier molecular flexibility index (Phi) is 2.87. The van der Waals surface area contributed by atoms with Crippen molar-refractivity contribution in [2.75, 3.05) is 7.11 Å². The molecule has 1 N–H and O–H groups in total. The number of hydrogen-bond donors (Lipinski definition) is 1. The van der Waals surface area contributed by atoms with Crippen molar-refractivity contribution in [1.29, 1.82) is 0 Å². The summed E-state index contributed by atoms with van der Waals surface area (Å²) < 4.78 is 6.07. The van der Waals surface area contributed by atoms with Gasteiger partial charge in [0.1, 0.15) is 10.8 Å². The highest BCUT2D eigenvalue weighted by Gasteiger charge is 2.02. The molecule has 5 heteroatoms. The van der Waals surface area contributed by atoms with E-state index in [0.717, 1.165) is 22.0 Å². The number of methoxy groups -OCH3 is 1. The molecular weight excluding hydrogens is 226 g/mol. The highest BCUT2D eigenvalue weighted by atomic mass is 32.1. The number of rotatable bonds is 3. The summed E-state index contributed by atoms with van der Waals surface area (Å²) in [4.78, 5) is 14.6. The normalized spacial score (nSPS) is 11.1. The standard InChI is InChI=1S/C11H9NO3S/c1-15-7-2-3-8-9(6-7)16-10(12-8)4-5-11(13)14/h2-6H,1H3,(H,13,14)/b5-4+. The van der Waals surface area contributed by atoms with E-state index < -0.39 is 5.97 Å². The van der Waals surface area contributed by atoms with E-state index >= 15 is 0 Å². The van der Waals surface area contributed by atoms with Crippen LogP contribution in [0, 0.1) is 0 Å². The number of carboxylic acids is 1. The molecule has 1 aromatic heterocycles. The summed E-state index contributed by atoms with van der Waals surface area (Å²) in [6.07, 6.45) is 2.56. The van der Waals surface area contributed by atoms with E-state index in [4.69, 9.17) is 9.84 Å². The van der Waals surface area contributed by atoms with E-state index in [0.29, 0.717) is 5.01 Å². The van der Waals surface area contributed by atoms with Crippen molar-refractivity contribution >= 4 is 33.6 Å². The molecule has 2 rings (SSSR count). The lowest BCUT2D eigenvalue weighted by Crippen LogP contribution is -1.84. The van der Waals surface area contributed by atoms with Crippen LogP contribution in [0.5, 0.6) is 5.75 Å². The first-order valence-electron chi connectivity index (χ1n) is 4.54. The minimum absolute atomic E-state index is 0.672. The molecule has 0 saturated carbocycles. The molecule has 0 amide bonds. The van der Waals surface area contributed by atoms with E-state index in [1.165, 1.54) is 17.4 Å². The predicted octanol–water partition coefficient (Wildman–Crippen LogP) is 2.40. The first kappa shape index (κ1) is 10.6. The van der Waals surface area contributed by atoms with Gasteiger partial charge in [-0.05, 0) is 24.3 Å². The molecule has 0 aliphatic carbocycles. The molecule has 0 fully saturated rings.